The summed E-state index contributed by atoms with van der Waals surface area (Å²) in [6.45, 7) is 0. The molecule has 0 unspecified atom stereocenters. The van der Waals surface area contributed by atoms with Crippen LogP contribution in [0.5, 0.6) is 5.75 Å². The molecule has 0 saturated heterocycles. The van der Waals surface area contributed by atoms with Gasteiger partial charge in [-0.1, -0.05) is 12.1 Å². The third kappa shape index (κ3) is 5.47. The van der Waals surface area contributed by atoms with E-state index in [4.69, 9.17) is 0 Å². The summed E-state index contributed by atoms with van der Waals surface area (Å²) in [4.78, 5) is 23.5. The summed E-state index contributed by atoms with van der Waals surface area (Å²) in [5, 5.41) is 15.8. The minimum absolute atomic E-state index is 0.111. The fraction of sp³-hybridized carbons (Fsp3) is 0.0625. The molecule has 24 heavy (non-hydrogen) atoms. The van der Waals surface area contributed by atoms with Crippen LogP contribution in [0.15, 0.2) is 56.5 Å². The van der Waals surface area contributed by atoms with E-state index in [0.717, 1.165) is 4.47 Å². The Morgan fingerprint density at radius 3 is 2.54 bits per heavy atom. The molecule has 0 heterocycles. The number of rotatable bonds is 5. The molecule has 6 nitrogen and oxygen atoms in total. The summed E-state index contributed by atoms with van der Waals surface area (Å²) in [5.41, 5.74) is 3.55. The number of halogens is 2. The zero-order valence-corrected chi connectivity index (χ0v) is 15.5. The lowest BCUT2D eigenvalue weighted by atomic mass is 10.2. The molecule has 2 amide bonds. The second-order valence-corrected chi connectivity index (χ2v) is 6.42. The first-order valence-electron chi connectivity index (χ1n) is 6.80. The molecule has 0 aromatic heterocycles. The van der Waals surface area contributed by atoms with E-state index in [1.54, 1.807) is 30.3 Å². The van der Waals surface area contributed by atoms with E-state index >= 15 is 0 Å². The zero-order valence-electron chi connectivity index (χ0n) is 12.3. The first-order chi connectivity index (χ1) is 11.5. The number of carbonyl (C=O) groups excluding carboxylic acids is 2. The molecular formula is C16H13Br2N3O3. The monoisotopic (exact) mass is 453 g/mol. The molecule has 0 spiro atoms. The number of phenolic OH excluding ortho intramolecular Hbond substituents is 1. The van der Waals surface area contributed by atoms with Gasteiger partial charge in [-0.15, -0.1) is 0 Å². The Bertz CT molecular complexity index is 794. The number of hydrazone groups is 1. The molecule has 2 aromatic rings. The Labute approximate surface area is 155 Å². The molecule has 8 heteroatoms. The lowest BCUT2D eigenvalue weighted by molar-refractivity contribution is -0.126. The number of phenols is 1. The molecule has 0 aliphatic carbocycles. The third-order valence-corrected chi connectivity index (χ3v) is 4.17. The number of aromatic hydroxyl groups is 1. The highest BCUT2D eigenvalue weighted by Crippen LogP contribution is 2.23. The Balaban J connectivity index is 1.84. The molecule has 2 aromatic carbocycles. The number of carbonyl (C=O) groups is 2. The molecule has 0 aliphatic heterocycles. The van der Waals surface area contributed by atoms with Gasteiger partial charge in [0.15, 0.2) is 0 Å². The first kappa shape index (κ1) is 18.2. The molecular weight excluding hydrogens is 442 g/mol. The Morgan fingerprint density at radius 1 is 1.08 bits per heavy atom. The molecule has 3 N–H and O–H groups in total. The number of nitrogens with one attached hydrogen (secondary N) is 2. The largest absolute Gasteiger partial charge is 0.507 e. The van der Waals surface area contributed by atoms with Crippen molar-refractivity contribution in [3.05, 3.63) is 57.0 Å². The van der Waals surface area contributed by atoms with Gasteiger partial charge in [-0.05, 0) is 67.8 Å². The number of hydrogen-bond acceptors (Lipinski definition) is 4. The van der Waals surface area contributed by atoms with Gasteiger partial charge < -0.3 is 10.4 Å². The summed E-state index contributed by atoms with van der Waals surface area (Å²) in [7, 11) is 0. The van der Waals surface area contributed by atoms with E-state index in [1.165, 1.54) is 12.3 Å². The topological polar surface area (TPSA) is 90.8 Å². The van der Waals surface area contributed by atoms with Crippen molar-refractivity contribution in [2.45, 2.75) is 6.42 Å². The van der Waals surface area contributed by atoms with Crippen LogP contribution in [0, 0.1) is 0 Å². The minimum Gasteiger partial charge on any atom is -0.507 e. The standard InChI is InChI=1S/C16H13Br2N3O3/c17-11-3-1-2-4-13(11)20-15(23)8-16(24)21-19-9-10-5-6-14(22)12(18)7-10/h1-7,9,22H,8H2,(H,20,23)(H,21,24). The normalized spacial score (nSPS) is 10.6. The molecule has 0 bridgehead atoms. The molecule has 2 rings (SSSR count). The van der Waals surface area contributed by atoms with E-state index in [1.807, 2.05) is 6.07 Å². The van der Waals surface area contributed by atoms with Gasteiger partial charge >= 0.3 is 0 Å². The molecule has 124 valence electrons. The maximum absolute atomic E-state index is 11.8. The number of nitrogens with zero attached hydrogens (tertiary/aromatic N) is 1. The van der Waals surface area contributed by atoms with E-state index in [2.05, 4.69) is 47.7 Å². The van der Waals surface area contributed by atoms with Crippen LogP contribution in [0.1, 0.15) is 12.0 Å². The number of amides is 2. The smallest absolute Gasteiger partial charge is 0.249 e. The van der Waals surface area contributed by atoms with Crippen LogP contribution in [0.4, 0.5) is 5.69 Å². The molecule has 0 radical (unpaired) electrons. The van der Waals surface area contributed by atoms with Crippen LogP contribution in [0.25, 0.3) is 0 Å². The summed E-state index contributed by atoms with van der Waals surface area (Å²) in [6.07, 6.45) is 1.06. The average molecular weight is 455 g/mol. The fourth-order valence-corrected chi connectivity index (χ4v) is 2.50. The van der Waals surface area contributed by atoms with Crippen molar-refractivity contribution in [1.82, 2.24) is 5.43 Å². The van der Waals surface area contributed by atoms with Crippen LogP contribution >= 0.6 is 31.9 Å². The van der Waals surface area contributed by atoms with Crippen molar-refractivity contribution in [2.24, 2.45) is 5.10 Å². The van der Waals surface area contributed by atoms with Crippen LogP contribution in [0.3, 0.4) is 0 Å². The number of hydrogen-bond donors (Lipinski definition) is 3. The number of anilines is 1. The molecule has 0 aliphatic rings. The molecule has 0 atom stereocenters. The Morgan fingerprint density at radius 2 is 1.83 bits per heavy atom. The van der Waals surface area contributed by atoms with E-state index in [9.17, 15) is 14.7 Å². The predicted octanol–water partition coefficient (Wildman–Crippen LogP) is 3.40. The maximum Gasteiger partial charge on any atom is 0.249 e. The second-order valence-electron chi connectivity index (χ2n) is 4.71. The summed E-state index contributed by atoms with van der Waals surface area (Å²) in [5.74, 6) is -0.865. The highest BCUT2D eigenvalue weighted by atomic mass is 79.9. The second kappa shape index (κ2) is 8.60. The van der Waals surface area contributed by atoms with E-state index in [0.29, 0.717) is 15.7 Å². The summed E-state index contributed by atoms with van der Waals surface area (Å²) < 4.78 is 1.25. The van der Waals surface area contributed by atoms with Crippen molar-refractivity contribution in [3.63, 3.8) is 0 Å². The Hall–Kier alpha value is -2.19. The van der Waals surface area contributed by atoms with Crippen molar-refractivity contribution < 1.29 is 14.7 Å². The van der Waals surface area contributed by atoms with Gasteiger partial charge in [-0.25, -0.2) is 5.43 Å². The van der Waals surface area contributed by atoms with Gasteiger partial charge in [0, 0.05) is 4.47 Å². The van der Waals surface area contributed by atoms with E-state index in [-0.39, 0.29) is 12.2 Å². The Kier molecular flexibility index (Phi) is 6.51. The highest BCUT2D eigenvalue weighted by molar-refractivity contribution is 9.11. The quantitative estimate of drug-likeness (QED) is 0.367. The zero-order chi connectivity index (χ0) is 17.5. The fourth-order valence-electron chi connectivity index (χ4n) is 1.72. The van der Waals surface area contributed by atoms with Gasteiger partial charge in [0.2, 0.25) is 11.8 Å². The van der Waals surface area contributed by atoms with Crippen LogP contribution in [-0.2, 0) is 9.59 Å². The first-order valence-corrected chi connectivity index (χ1v) is 8.39. The maximum atomic E-state index is 11.8. The summed E-state index contributed by atoms with van der Waals surface area (Å²) >= 11 is 6.49. The number of benzene rings is 2. The van der Waals surface area contributed by atoms with E-state index < -0.39 is 11.8 Å². The molecule has 0 fully saturated rings. The lowest BCUT2D eigenvalue weighted by Gasteiger charge is -2.06. The molecule has 0 saturated carbocycles. The van der Waals surface area contributed by atoms with Crippen molar-refractivity contribution in [3.8, 4) is 5.75 Å². The van der Waals surface area contributed by atoms with Crippen molar-refractivity contribution in [1.29, 1.82) is 0 Å². The third-order valence-electron chi connectivity index (χ3n) is 2.84. The summed E-state index contributed by atoms with van der Waals surface area (Å²) in [6, 6.07) is 11.9. The lowest BCUT2D eigenvalue weighted by Crippen LogP contribution is -2.24. The average Bonchev–Trinajstić information content (AvgIpc) is 2.53. The van der Waals surface area contributed by atoms with Crippen LogP contribution in [0.2, 0.25) is 0 Å². The SMILES string of the molecule is O=C(CC(=O)Nc1ccccc1Br)NN=Cc1ccc(O)c(Br)c1. The van der Waals surface area contributed by atoms with Gasteiger partial charge in [-0.2, -0.15) is 5.10 Å². The van der Waals surface area contributed by atoms with Gasteiger partial charge in [0.25, 0.3) is 0 Å². The van der Waals surface area contributed by atoms with Crippen LogP contribution in [-0.4, -0.2) is 23.1 Å². The van der Waals surface area contributed by atoms with Crippen LogP contribution < -0.4 is 10.7 Å². The van der Waals surface area contributed by atoms with Crippen molar-refractivity contribution in [2.75, 3.05) is 5.32 Å². The van der Waals surface area contributed by atoms with Gasteiger partial charge in [-0.3, -0.25) is 9.59 Å². The highest BCUT2D eigenvalue weighted by Gasteiger charge is 2.10. The van der Waals surface area contributed by atoms with Gasteiger partial charge in [0.05, 0.1) is 16.4 Å². The number of para-hydroxylation sites is 1. The van der Waals surface area contributed by atoms with Crippen molar-refractivity contribution >= 4 is 55.6 Å². The predicted molar refractivity (Wildman–Crippen MR) is 98.9 cm³/mol. The minimum atomic E-state index is -0.534. The van der Waals surface area contributed by atoms with Gasteiger partial charge in [0.1, 0.15) is 12.2 Å².